The second-order valence-electron chi connectivity index (χ2n) is 4.20. The SMILES string of the molecule is CC(C)[C@](C)(C#N)NC(=O)CSc1ncc[nH]1. The molecule has 0 bridgehead atoms. The maximum absolute atomic E-state index is 11.7. The Morgan fingerprint density at radius 2 is 2.47 bits per heavy atom. The molecule has 0 aromatic carbocycles. The van der Waals surface area contributed by atoms with Gasteiger partial charge in [0, 0.05) is 12.4 Å². The lowest BCUT2D eigenvalue weighted by Gasteiger charge is -2.27. The first kappa shape index (κ1) is 13.6. The third kappa shape index (κ3) is 3.79. The average Bonchev–Trinajstić information content (AvgIpc) is 2.78. The molecular weight excluding hydrogens is 236 g/mol. The first-order valence-electron chi connectivity index (χ1n) is 5.32. The zero-order valence-electron chi connectivity index (χ0n) is 10.2. The van der Waals surface area contributed by atoms with E-state index in [1.165, 1.54) is 11.8 Å². The molecule has 1 aromatic rings. The van der Waals surface area contributed by atoms with Gasteiger partial charge in [0.2, 0.25) is 5.91 Å². The van der Waals surface area contributed by atoms with E-state index in [0.717, 1.165) is 0 Å². The van der Waals surface area contributed by atoms with Crippen LogP contribution < -0.4 is 5.32 Å². The van der Waals surface area contributed by atoms with Gasteiger partial charge in [0.15, 0.2) is 5.16 Å². The number of carbonyl (C=O) groups excluding carboxylic acids is 1. The Morgan fingerprint density at radius 3 is 2.94 bits per heavy atom. The molecule has 0 spiro atoms. The normalized spacial score (nSPS) is 14.1. The second-order valence-corrected chi connectivity index (χ2v) is 5.16. The van der Waals surface area contributed by atoms with Crippen molar-refractivity contribution in [2.45, 2.75) is 31.5 Å². The predicted octanol–water partition coefficient (Wildman–Crippen LogP) is 1.56. The van der Waals surface area contributed by atoms with E-state index in [9.17, 15) is 4.79 Å². The number of rotatable bonds is 5. The topological polar surface area (TPSA) is 81.6 Å². The minimum Gasteiger partial charge on any atom is -0.340 e. The van der Waals surface area contributed by atoms with Crippen molar-refractivity contribution in [3.8, 4) is 6.07 Å². The summed E-state index contributed by atoms with van der Waals surface area (Å²) in [6, 6.07) is 2.14. The maximum atomic E-state index is 11.7. The number of nitrogens with one attached hydrogen (secondary N) is 2. The minimum absolute atomic E-state index is 0.0602. The molecule has 0 unspecified atom stereocenters. The summed E-state index contributed by atoms with van der Waals surface area (Å²) in [5.74, 6) is 0.145. The molecule has 5 nitrogen and oxygen atoms in total. The molecule has 0 aliphatic carbocycles. The van der Waals surface area contributed by atoms with Gasteiger partial charge in [-0.2, -0.15) is 5.26 Å². The van der Waals surface area contributed by atoms with Gasteiger partial charge in [0.1, 0.15) is 5.54 Å². The van der Waals surface area contributed by atoms with Crippen LogP contribution in [0.4, 0.5) is 0 Å². The number of nitrogens with zero attached hydrogens (tertiary/aromatic N) is 2. The number of nitriles is 1. The number of H-pyrrole nitrogens is 1. The van der Waals surface area contributed by atoms with Crippen LogP contribution in [-0.2, 0) is 4.79 Å². The number of hydrogen-bond acceptors (Lipinski definition) is 4. The third-order valence-corrected chi connectivity index (χ3v) is 3.50. The van der Waals surface area contributed by atoms with E-state index in [2.05, 4.69) is 21.4 Å². The Bertz CT molecular complexity index is 410. The van der Waals surface area contributed by atoms with Gasteiger partial charge in [0.05, 0.1) is 11.8 Å². The zero-order valence-corrected chi connectivity index (χ0v) is 11.0. The summed E-state index contributed by atoms with van der Waals surface area (Å²) in [6.45, 7) is 5.54. The van der Waals surface area contributed by atoms with Crippen LogP contribution in [0.1, 0.15) is 20.8 Å². The summed E-state index contributed by atoms with van der Waals surface area (Å²) in [7, 11) is 0. The van der Waals surface area contributed by atoms with E-state index in [1.54, 1.807) is 19.3 Å². The highest BCUT2D eigenvalue weighted by molar-refractivity contribution is 7.99. The average molecular weight is 252 g/mol. The summed E-state index contributed by atoms with van der Waals surface area (Å²) in [5, 5.41) is 12.5. The molecule has 0 radical (unpaired) electrons. The van der Waals surface area contributed by atoms with Crippen molar-refractivity contribution < 1.29 is 4.79 Å². The van der Waals surface area contributed by atoms with E-state index in [1.807, 2.05) is 13.8 Å². The van der Waals surface area contributed by atoms with E-state index >= 15 is 0 Å². The molecule has 92 valence electrons. The Morgan fingerprint density at radius 1 is 1.76 bits per heavy atom. The van der Waals surface area contributed by atoms with Gasteiger partial charge in [-0.05, 0) is 12.8 Å². The fourth-order valence-corrected chi connectivity index (χ4v) is 1.72. The van der Waals surface area contributed by atoms with Crippen LogP contribution in [0.5, 0.6) is 0 Å². The summed E-state index contributed by atoms with van der Waals surface area (Å²) in [4.78, 5) is 18.6. The van der Waals surface area contributed by atoms with Gasteiger partial charge >= 0.3 is 0 Å². The lowest BCUT2D eigenvalue weighted by Crippen LogP contribution is -2.49. The van der Waals surface area contributed by atoms with E-state index in [4.69, 9.17) is 5.26 Å². The van der Waals surface area contributed by atoms with Crippen LogP contribution in [-0.4, -0.2) is 27.2 Å². The Balaban J connectivity index is 2.47. The first-order valence-corrected chi connectivity index (χ1v) is 6.31. The van der Waals surface area contributed by atoms with Crippen molar-refractivity contribution >= 4 is 17.7 Å². The minimum atomic E-state index is -0.819. The van der Waals surface area contributed by atoms with Gasteiger partial charge in [-0.1, -0.05) is 25.6 Å². The van der Waals surface area contributed by atoms with Crippen molar-refractivity contribution in [3.63, 3.8) is 0 Å². The van der Waals surface area contributed by atoms with Crippen LogP contribution in [0.3, 0.4) is 0 Å². The fraction of sp³-hybridized carbons (Fsp3) is 0.545. The summed E-state index contributed by atoms with van der Waals surface area (Å²) in [5.41, 5.74) is -0.819. The number of aromatic nitrogens is 2. The molecule has 1 amide bonds. The first-order chi connectivity index (χ1) is 7.98. The van der Waals surface area contributed by atoms with E-state index in [0.29, 0.717) is 5.16 Å². The molecule has 6 heteroatoms. The van der Waals surface area contributed by atoms with Crippen molar-refractivity contribution in [1.29, 1.82) is 5.26 Å². The molecule has 1 heterocycles. The Kier molecular flexibility index (Phi) is 4.58. The monoisotopic (exact) mass is 252 g/mol. The number of hydrogen-bond donors (Lipinski definition) is 2. The molecular formula is C11H16N4OS. The molecule has 0 fully saturated rings. The smallest absolute Gasteiger partial charge is 0.231 e. The highest BCUT2D eigenvalue weighted by Crippen LogP contribution is 2.16. The van der Waals surface area contributed by atoms with Gasteiger partial charge in [-0.3, -0.25) is 4.79 Å². The number of aromatic amines is 1. The fourth-order valence-electron chi connectivity index (χ4n) is 1.09. The second kappa shape index (κ2) is 5.73. The van der Waals surface area contributed by atoms with Crippen molar-refractivity contribution in [1.82, 2.24) is 15.3 Å². The number of amides is 1. The van der Waals surface area contributed by atoms with E-state index < -0.39 is 5.54 Å². The van der Waals surface area contributed by atoms with Crippen molar-refractivity contribution in [3.05, 3.63) is 12.4 Å². The molecule has 1 rings (SSSR count). The quantitative estimate of drug-likeness (QED) is 0.779. The third-order valence-electron chi connectivity index (χ3n) is 2.60. The maximum Gasteiger partial charge on any atom is 0.231 e. The predicted molar refractivity (Wildman–Crippen MR) is 66.3 cm³/mol. The summed E-state index contributed by atoms with van der Waals surface area (Å²) >= 11 is 1.31. The van der Waals surface area contributed by atoms with Gasteiger partial charge in [-0.25, -0.2) is 4.98 Å². The Hall–Kier alpha value is -1.48. The van der Waals surface area contributed by atoms with Crippen LogP contribution in [0.15, 0.2) is 17.6 Å². The van der Waals surface area contributed by atoms with Crippen LogP contribution in [0, 0.1) is 17.2 Å². The van der Waals surface area contributed by atoms with E-state index in [-0.39, 0.29) is 17.6 Å². The molecule has 0 aliphatic heterocycles. The molecule has 2 N–H and O–H groups in total. The molecule has 1 aromatic heterocycles. The molecule has 0 saturated carbocycles. The standard InChI is InChI=1S/C11H16N4OS/c1-8(2)11(3,7-12)15-9(16)6-17-10-13-4-5-14-10/h4-5,8H,6H2,1-3H3,(H,13,14)(H,15,16)/t11-/m0/s1. The number of thioether (sulfide) groups is 1. The molecule has 1 atom stereocenters. The van der Waals surface area contributed by atoms with Crippen LogP contribution in [0.2, 0.25) is 0 Å². The zero-order chi connectivity index (χ0) is 12.9. The van der Waals surface area contributed by atoms with Crippen LogP contribution in [0.25, 0.3) is 0 Å². The Labute approximate surface area is 105 Å². The van der Waals surface area contributed by atoms with Gasteiger partial charge in [-0.15, -0.1) is 0 Å². The molecule has 17 heavy (non-hydrogen) atoms. The highest BCUT2D eigenvalue weighted by Gasteiger charge is 2.29. The van der Waals surface area contributed by atoms with Crippen molar-refractivity contribution in [2.75, 3.05) is 5.75 Å². The highest BCUT2D eigenvalue weighted by atomic mass is 32.2. The lowest BCUT2D eigenvalue weighted by molar-refractivity contribution is -0.120. The number of imidazole rings is 1. The molecule has 0 saturated heterocycles. The van der Waals surface area contributed by atoms with Crippen molar-refractivity contribution in [2.24, 2.45) is 5.92 Å². The largest absolute Gasteiger partial charge is 0.340 e. The number of carbonyl (C=O) groups is 1. The van der Waals surface area contributed by atoms with Gasteiger partial charge < -0.3 is 10.3 Å². The van der Waals surface area contributed by atoms with Gasteiger partial charge in [0.25, 0.3) is 0 Å². The summed E-state index contributed by atoms with van der Waals surface area (Å²) in [6.07, 6.45) is 3.33. The lowest BCUT2D eigenvalue weighted by atomic mass is 9.90. The molecule has 0 aliphatic rings. The summed E-state index contributed by atoms with van der Waals surface area (Å²) < 4.78 is 0. The van der Waals surface area contributed by atoms with Crippen LogP contribution >= 0.6 is 11.8 Å².